The zero-order valence-corrected chi connectivity index (χ0v) is 21.2. The minimum atomic E-state index is -0.524. The summed E-state index contributed by atoms with van der Waals surface area (Å²) >= 11 is 0. The van der Waals surface area contributed by atoms with Crippen molar-refractivity contribution in [2.24, 2.45) is 15.7 Å². The number of carbonyl (C=O) groups is 1. The summed E-state index contributed by atoms with van der Waals surface area (Å²) in [4.78, 5) is 27.2. The molecule has 0 atom stereocenters. The lowest BCUT2D eigenvalue weighted by atomic mass is 9.95. The van der Waals surface area contributed by atoms with Crippen LogP contribution >= 0.6 is 0 Å². The number of nitrogens with one attached hydrogen (secondary N) is 2. The lowest BCUT2D eigenvalue weighted by Crippen LogP contribution is -2.38. The Morgan fingerprint density at radius 2 is 1.74 bits per heavy atom. The van der Waals surface area contributed by atoms with Crippen molar-refractivity contribution in [3.05, 3.63) is 100.0 Å². The highest BCUT2D eigenvalue weighted by Crippen LogP contribution is 2.40. The topological polar surface area (TPSA) is 119 Å². The molecule has 0 saturated carbocycles. The Bertz CT molecular complexity index is 1660. The number of hydrogen-bond donors (Lipinski definition) is 4. The SMILES string of the molecule is CCN1CCC(Nc2ccc3[nH]c(O)c(C(=C4N=c5ccccc5=N4)c4cccc(C(N)=O)c4)c3c2)CC1. The molecule has 192 valence electrons. The summed E-state index contributed by atoms with van der Waals surface area (Å²) in [6, 6.07) is 21.2. The molecule has 0 bridgehead atoms. The van der Waals surface area contributed by atoms with Crippen molar-refractivity contribution >= 4 is 28.1 Å². The molecule has 1 saturated heterocycles. The molecular formula is C30H30N6O2. The number of rotatable bonds is 6. The Balaban J connectivity index is 1.50. The lowest BCUT2D eigenvalue weighted by Gasteiger charge is -2.32. The number of aromatic nitrogens is 1. The first kappa shape index (κ1) is 23.9. The number of aromatic hydroxyl groups is 1. The first-order valence-electron chi connectivity index (χ1n) is 13.0. The quantitative estimate of drug-likeness (QED) is 0.320. The Hall–Kier alpha value is -4.43. The van der Waals surface area contributed by atoms with Crippen molar-refractivity contribution in [3.8, 4) is 5.88 Å². The fourth-order valence-corrected chi connectivity index (χ4v) is 5.38. The summed E-state index contributed by atoms with van der Waals surface area (Å²) in [7, 11) is 0. The summed E-state index contributed by atoms with van der Waals surface area (Å²) in [5.41, 5.74) is 9.66. The fraction of sp³-hybridized carbons (Fsp3) is 0.233. The number of nitrogens with two attached hydrogens (primary N) is 1. The van der Waals surface area contributed by atoms with Crippen molar-refractivity contribution < 1.29 is 9.90 Å². The highest BCUT2D eigenvalue weighted by molar-refractivity contribution is 6.02. The van der Waals surface area contributed by atoms with E-state index in [0.717, 1.165) is 59.8 Å². The number of benzene rings is 3. The fourth-order valence-electron chi connectivity index (χ4n) is 5.38. The van der Waals surface area contributed by atoms with Gasteiger partial charge in [0.2, 0.25) is 5.91 Å². The molecule has 1 fully saturated rings. The number of carbonyl (C=O) groups excluding carboxylic acids is 1. The van der Waals surface area contributed by atoms with E-state index in [9.17, 15) is 9.90 Å². The van der Waals surface area contributed by atoms with Gasteiger partial charge in [0, 0.05) is 46.9 Å². The van der Waals surface area contributed by atoms with E-state index in [0.29, 0.717) is 34.1 Å². The molecule has 6 rings (SSSR count). The van der Waals surface area contributed by atoms with Gasteiger partial charge in [0.25, 0.3) is 0 Å². The average molecular weight is 507 g/mol. The lowest BCUT2D eigenvalue weighted by molar-refractivity contribution is 0.1000. The van der Waals surface area contributed by atoms with Gasteiger partial charge in [-0.2, -0.15) is 0 Å². The monoisotopic (exact) mass is 506 g/mol. The summed E-state index contributed by atoms with van der Waals surface area (Å²) < 4.78 is 0. The number of fused-ring (bicyclic) bond motifs is 2. The molecule has 3 heterocycles. The third-order valence-corrected chi connectivity index (χ3v) is 7.43. The predicted octanol–water partition coefficient (Wildman–Crippen LogP) is 3.54. The van der Waals surface area contributed by atoms with Gasteiger partial charge in [0.1, 0.15) is 0 Å². The minimum absolute atomic E-state index is 0.0155. The molecule has 2 aliphatic rings. The van der Waals surface area contributed by atoms with Crippen LogP contribution in [0.3, 0.4) is 0 Å². The Morgan fingerprint density at radius 3 is 2.42 bits per heavy atom. The van der Waals surface area contributed by atoms with Gasteiger partial charge in [-0.25, -0.2) is 9.98 Å². The number of aromatic amines is 1. The number of amides is 1. The molecule has 0 spiro atoms. The third kappa shape index (κ3) is 4.43. The van der Waals surface area contributed by atoms with Gasteiger partial charge in [0.05, 0.1) is 16.3 Å². The highest BCUT2D eigenvalue weighted by Gasteiger charge is 2.24. The number of nitrogens with zero attached hydrogens (tertiary/aromatic N) is 3. The maximum atomic E-state index is 12.0. The van der Waals surface area contributed by atoms with Crippen molar-refractivity contribution in [2.45, 2.75) is 25.8 Å². The molecule has 0 unspecified atom stereocenters. The van der Waals surface area contributed by atoms with Crippen LogP contribution in [0.15, 0.2) is 82.5 Å². The van der Waals surface area contributed by atoms with Gasteiger partial charge in [-0.15, -0.1) is 0 Å². The number of hydrogen-bond acceptors (Lipinski definition) is 6. The Morgan fingerprint density at radius 1 is 1.03 bits per heavy atom. The molecule has 8 nitrogen and oxygen atoms in total. The van der Waals surface area contributed by atoms with Crippen molar-refractivity contribution in [1.82, 2.24) is 9.88 Å². The maximum absolute atomic E-state index is 12.0. The highest BCUT2D eigenvalue weighted by atomic mass is 16.3. The van der Waals surface area contributed by atoms with Gasteiger partial charge >= 0.3 is 0 Å². The first-order valence-corrected chi connectivity index (χ1v) is 13.0. The van der Waals surface area contributed by atoms with Crippen LogP contribution < -0.4 is 21.8 Å². The molecule has 8 heteroatoms. The number of piperidine rings is 1. The second-order valence-corrected chi connectivity index (χ2v) is 9.82. The van der Waals surface area contributed by atoms with E-state index < -0.39 is 5.91 Å². The summed E-state index contributed by atoms with van der Waals surface area (Å²) in [6.45, 7) is 5.46. The molecule has 38 heavy (non-hydrogen) atoms. The smallest absolute Gasteiger partial charge is 0.248 e. The molecule has 0 aliphatic carbocycles. The first-order chi connectivity index (χ1) is 18.5. The van der Waals surface area contributed by atoms with Crippen LogP contribution in [0.1, 0.15) is 41.3 Å². The van der Waals surface area contributed by atoms with E-state index in [-0.39, 0.29) is 5.88 Å². The van der Waals surface area contributed by atoms with Crippen LogP contribution in [0.4, 0.5) is 5.69 Å². The van der Waals surface area contributed by atoms with E-state index in [1.807, 2.05) is 42.5 Å². The van der Waals surface area contributed by atoms with Crippen LogP contribution in [-0.2, 0) is 0 Å². The van der Waals surface area contributed by atoms with E-state index in [2.05, 4.69) is 28.2 Å². The van der Waals surface area contributed by atoms with Crippen LogP contribution in [-0.4, -0.2) is 46.6 Å². The number of primary amides is 1. The Labute approximate surface area is 220 Å². The molecule has 1 aromatic heterocycles. The molecule has 2 aliphatic heterocycles. The van der Waals surface area contributed by atoms with Gasteiger partial charge in [-0.05, 0) is 67.4 Å². The number of para-hydroxylation sites is 2. The largest absolute Gasteiger partial charge is 0.494 e. The number of anilines is 1. The van der Waals surface area contributed by atoms with Crippen molar-refractivity contribution in [1.29, 1.82) is 0 Å². The second-order valence-electron chi connectivity index (χ2n) is 9.82. The average Bonchev–Trinajstić information content (AvgIpc) is 3.50. The van der Waals surface area contributed by atoms with Gasteiger partial charge in [-0.3, -0.25) is 4.79 Å². The van der Waals surface area contributed by atoms with Gasteiger partial charge in [-0.1, -0.05) is 31.2 Å². The standard InChI is InChI=1S/C30H30N6O2/c1-2-36-14-12-20(13-15-36)32-21-10-11-23-22(17-21)27(30(38)35-23)26(18-6-5-7-19(16-18)28(31)37)29-33-24-8-3-4-9-25(24)34-29/h3-11,16-17,20,32,35,38H,2,12-15H2,1H3,(H2,31,37). The number of H-pyrrole nitrogens is 1. The van der Waals surface area contributed by atoms with E-state index in [4.69, 9.17) is 15.7 Å². The van der Waals surface area contributed by atoms with E-state index in [1.165, 1.54) is 0 Å². The molecule has 4 aromatic rings. The van der Waals surface area contributed by atoms with Crippen LogP contribution in [0.2, 0.25) is 0 Å². The predicted molar refractivity (Wildman–Crippen MR) is 148 cm³/mol. The zero-order chi connectivity index (χ0) is 26.2. The van der Waals surface area contributed by atoms with Crippen LogP contribution in [0, 0.1) is 0 Å². The molecular weight excluding hydrogens is 476 g/mol. The maximum Gasteiger partial charge on any atom is 0.248 e. The minimum Gasteiger partial charge on any atom is -0.494 e. The van der Waals surface area contributed by atoms with Crippen molar-refractivity contribution in [2.75, 3.05) is 25.0 Å². The summed E-state index contributed by atoms with van der Waals surface area (Å²) in [5.74, 6) is -0.0420. The zero-order valence-electron chi connectivity index (χ0n) is 21.2. The summed E-state index contributed by atoms with van der Waals surface area (Å²) in [5, 5.41) is 17.2. The molecule has 5 N–H and O–H groups in total. The molecule has 1 amide bonds. The van der Waals surface area contributed by atoms with Crippen molar-refractivity contribution in [3.63, 3.8) is 0 Å². The van der Waals surface area contributed by atoms with E-state index >= 15 is 0 Å². The Kier molecular flexibility index (Phi) is 6.17. The molecule has 0 radical (unpaired) electrons. The van der Waals surface area contributed by atoms with Crippen LogP contribution in [0.5, 0.6) is 5.88 Å². The summed E-state index contributed by atoms with van der Waals surface area (Å²) in [6.07, 6.45) is 2.17. The van der Waals surface area contributed by atoms with Gasteiger partial charge < -0.3 is 26.0 Å². The normalized spacial score (nSPS) is 15.7. The molecule has 3 aromatic carbocycles. The second kappa shape index (κ2) is 9.79. The van der Waals surface area contributed by atoms with Gasteiger partial charge in [0.15, 0.2) is 11.7 Å². The number of likely N-dealkylation sites (tertiary alicyclic amines) is 1. The van der Waals surface area contributed by atoms with Crippen LogP contribution in [0.25, 0.3) is 16.5 Å². The third-order valence-electron chi connectivity index (χ3n) is 7.43. The van der Waals surface area contributed by atoms with E-state index in [1.54, 1.807) is 18.2 Å².